The molecule has 2 aromatic heterocycles. The first-order chi connectivity index (χ1) is 13.3. The lowest BCUT2D eigenvalue weighted by Crippen LogP contribution is -2.40. The van der Waals surface area contributed by atoms with Crippen LogP contribution in [-0.2, 0) is 6.42 Å². The summed E-state index contributed by atoms with van der Waals surface area (Å²) in [7, 11) is 0. The summed E-state index contributed by atoms with van der Waals surface area (Å²) in [5, 5.41) is 7.25. The van der Waals surface area contributed by atoms with Crippen molar-refractivity contribution >= 4 is 17.3 Å². The molecule has 1 atom stereocenters. The molecular formula is C21H23ClN4O. The normalized spacial score (nSPS) is 14.8. The number of pyridine rings is 2. The fraction of sp³-hybridized carbons (Fsp3) is 0.238. The van der Waals surface area contributed by atoms with Crippen molar-refractivity contribution < 1.29 is 4.74 Å². The molecule has 1 aliphatic rings. The number of nitrogens with one attached hydrogen (secondary N) is 2. The summed E-state index contributed by atoms with van der Waals surface area (Å²) in [5.41, 5.74) is 2.13. The smallest absolute Gasteiger partial charge is 0.237 e. The highest BCUT2D eigenvalue weighted by Gasteiger charge is 2.19. The summed E-state index contributed by atoms with van der Waals surface area (Å²) < 4.78 is 5.83. The Labute approximate surface area is 164 Å². The summed E-state index contributed by atoms with van der Waals surface area (Å²) in [5.74, 6) is 0.678. The summed E-state index contributed by atoms with van der Waals surface area (Å²) in [6, 6.07) is 19.7. The van der Waals surface area contributed by atoms with Crippen LogP contribution in [0.3, 0.4) is 0 Å². The van der Waals surface area contributed by atoms with Gasteiger partial charge < -0.3 is 15.4 Å². The standard InChI is InChI=1S/C15H17ClN4O.C6H6/c16-14-4-3-11(8-20-14)5-7-17-9-12-10-19-13-2-1-6-18-15(13)21-12;1-2-4-6-5-3-1/h1-4,6,8,12,17,19H,5,7,9-10H2;1-6H. The van der Waals surface area contributed by atoms with Gasteiger partial charge in [-0.05, 0) is 36.7 Å². The summed E-state index contributed by atoms with van der Waals surface area (Å²) in [4.78, 5) is 8.29. The Morgan fingerprint density at radius 1 is 1.04 bits per heavy atom. The molecule has 0 aliphatic carbocycles. The first-order valence-electron chi connectivity index (χ1n) is 8.98. The van der Waals surface area contributed by atoms with Gasteiger partial charge in [-0.15, -0.1) is 0 Å². The van der Waals surface area contributed by atoms with Gasteiger partial charge in [-0.1, -0.05) is 54.1 Å². The molecule has 1 unspecified atom stereocenters. The quantitative estimate of drug-likeness (QED) is 0.519. The Hall–Kier alpha value is -2.63. The minimum absolute atomic E-state index is 0.0933. The average molecular weight is 383 g/mol. The molecule has 1 aromatic carbocycles. The number of anilines is 1. The van der Waals surface area contributed by atoms with E-state index in [2.05, 4.69) is 20.6 Å². The van der Waals surface area contributed by atoms with E-state index in [1.807, 2.05) is 66.9 Å². The number of hydrogen-bond donors (Lipinski definition) is 2. The minimum atomic E-state index is 0.0933. The van der Waals surface area contributed by atoms with Crippen molar-refractivity contribution in [3.63, 3.8) is 0 Å². The Bertz CT molecular complexity index is 772. The van der Waals surface area contributed by atoms with Gasteiger partial charge in [-0.2, -0.15) is 0 Å². The zero-order chi connectivity index (χ0) is 18.7. The van der Waals surface area contributed by atoms with E-state index in [9.17, 15) is 0 Å². The number of fused-ring (bicyclic) bond motifs is 1. The molecule has 5 nitrogen and oxygen atoms in total. The second-order valence-corrected chi connectivity index (χ2v) is 6.46. The van der Waals surface area contributed by atoms with Crippen LogP contribution in [0.15, 0.2) is 73.1 Å². The molecule has 0 saturated carbocycles. The third kappa shape index (κ3) is 6.55. The van der Waals surface area contributed by atoms with Crippen LogP contribution in [0, 0.1) is 0 Å². The van der Waals surface area contributed by atoms with Crippen LogP contribution in [0.5, 0.6) is 5.88 Å². The zero-order valence-corrected chi connectivity index (χ0v) is 15.8. The molecule has 3 heterocycles. The Balaban J connectivity index is 0.000000299. The van der Waals surface area contributed by atoms with Crippen LogP contribution in [0.4, 0.5) is 5.69 Å². The van der Waals surface area contributed by atoms with Gasteiger partial charge >= 0.3 is 0 Å². The SMILES string of the molecule is Clc1ccc(CCNCC2CNc3cccnc3O2)cn1.c1ccccc1. The summed E-state index contributed by atoms with van der Waals surface area (Å²) in [6.07, 6.45) is 4.56. The Morgan fingerprint density at radius 2 is 1.81 bits per heavy atom. The van der Waals surface area contributed by atoms with Gasteiger partial charge in [0.15, 0.2) is 0 Å². The van der Waals surface area contributed by atoms with Crippen molar-refractivity contribution in [3.8, 4) is 5.88 Å². The fourth-order valence-corrected chi connectivity index (χ4v) is 2.70. The lowest BCUT2D eigenvalue weighted by Gasteiger charge is -2.26. The van der Waals surface area contributed by atoms with Gasteiger partial charge in [0.05, 0.1) is 12.2 Å². The van der Waals surface area contributed by atoms with Gasteiger partial charge in [0.25, 0.3) is 0 Å². The zero-order valence-electron chi connectivity index (χ0n) is 15.0. The molecule has 140 valence electrons. The average Bonchev–Trinajstić information content (AvgIpc) is 2.74. The number of hydrogen-bond acceptors (Lipinski definition) is 5. The van der Waals surface area contributed by atoms with Crippen LogP contribution in [0.1, 0.15) is 5.56 Å². The number of benzene rings is 1. The third-order valence-electron chi connectivity index (χ3n) is 3.99. The van der Waals surface area contributed by atoms with E-state index in [0.717, 1.165) is 31.7 Å². The topological polar surface area (TPSA) is 59.1 Å². The molecule has 3 aromatic rings. The molecule has 0 saturated heterocycles. The van der Waals surface area contributed by atoms with Crippen LogP contribution in [-0.4, -0.2) is 35.7 Å². The Kier molecular flexibility index (Phi) is 7.45. The van der Waals surface area contributed by atoms with E-state index in [1.54, 1.807) is 6.20 Å². The van der Waals surface area contributed by atoms with Gasteiger partial charge in [0.2, 0.25) is 5.88 Å². The van der Waals surface area contributed by atoms with E-state index in [4.69, 9.17) is 16.3 Å². The molecule has 4 rings (SSSR count). The van der Waals surface area contributed by atoms with E-state index in [0.29, 0.717) is 11.0 Å². The van der Waals surface area contributed by atoms with Gasteiger partial charge in [0.1, 0.15) is 11.3 Å². The van der Waals surface area contributed by atoms with E-state index in [1.165, 1.54) is 5.56 Å². The number of ether oxygens (including phenoxy) is 1. The first kappa shape index (κ1) is 19.1. The predicted octanol–water partition coefficient (Wildman–Crippen LogP) is 3.82. The molecule has 0 spiro atoms. The highest BCUT2D eigenvalue weighted by atomic mass is 35.5. The van der Waals surface area contributed by atoms with Crippen molar-refractivity contribution in [2.45, 2.75) is 12.5 Å². The van der Waals surface area contributed by atoms with Crippen LogP contribution < -0.4 is 15.4 Å². The Morgan fingerprint density at radius 3 is 2.52 bits per heavy atom. The van der Waals surface area contributed by atoms with Crippen molar-refractivity contribution in [1.82, 2.24) is 15.3 Å². The third-order valence-corrected chi connectivity index (χ3v) is 4.21. The molecule has 0 fully saturated rings. The molecule has 27 heavy (non-hydrogen) atoms. The largest absolute Gasteiger partial charge is 0.470 e. The van der Waals surface area contributed by atoms with Crippen LogP contribution >= 0.6 is 11.6 Å². The maximum absolute atomic E-state index is 5.83. The van der Waals surface area contributed by atoms with E-state index in [-0.39, 0.29) is 6.10 Å². The van der Waals surface area contributed by atoms with Crippen molar-refractivity contribution in [2.24, 2.45) is 0 Å². The molecule has 1 aliphatic heterocycles. The fourth-order valence-electron chi connectivity index (χ4n) is 2.59. The van der Waals surface area contributed by atoms with Gasteiger partial charge in [-0.3, -0.25) is 0 Å². The summed E-state index contributed by atoms with van der Waals surface area (Å²) >= 11 is 5.76. The second-order valence-electron chi connectivity index (χ2n) is 6.07. The number of halogens is 1. The molecule has 6 heteroatoms. The van der Waals surface area contributed by atoms with Gasteiger partial charge in [0, 0.05) is 18.9 Å². The highest BCUT2D eigenvalue weighted by molar-refractivity contribution is 6.29. The van der Waals surface area contributed by atoms with Crippen molar-refractivity contribution in [1.29, 1.82) is 0 Å². The number of nitrogens with zero attached hydrogens (tertiary/aromatic N) is 2. The monoisotopic (exact) mass is 382 g/mol. The lowest BCUT2D eigenvalue weighted by molar-refractivity contribution is 0.194. The highest BCUT2D eigenvalue weighted by Crippen LogP contribution is 2.24. The lowest BCUT2D eigenvalue weighted by atomic mass is 10.2. The first-order valence-corrected chi connectivity index (χ1v) is 9.36. The second kappa shape index (κ2) is 10.5. The maximum atomic E-state index is 5.83. The van der Waals surface area contributed by atoms with Crippen LogP contribution in [0.25, 0.3) is 0 Å². The van der Waals surface area contributed by atoms with E-state index >= 15 is 0 Å². The molecular weight excluding hydrogens is 360 g/mol. The number of aromatic nitrogens is 2. The maximum Gasteiger partial charge on any atom is 0.237 e. The van der Waals surface area contributed by atoms with E-state index < -0.39 is 0 Å². The van der Waals surface area contributed by atoms with Crippen molar-refractivity contribution in [2.75, 3.05) is 25.0 Å². The molecule has 0 bridgehead atoms. The molecule has 0 radical (unpaired) electrons. The predicted molar refractivity (Wildman–Crippen MR) is 109 cm³/mol. The minimum Gasteiger partial charge on any atom is -0.470 e. The molecule has 2 N–H and O–H groups in total. The van der Waals surface area contributed by atoms with Crippen molar-refractivity contribution in [3.05, 3.63) is 83.8 Å². The van der Waals surface area contributed by atoms with Gasteiger partial charge in [-0.25, -0.2) is 9.97 Å². The molecule has 0 amide bonds. The number of rotatable bonds is 5. The summed E-state index contributed by atoms with van der Waals surface area (Å²) in [6.45, 7) is 2.44. The van der Waals surface area contributed by atoms with Crippen LogP contribution in [0.2, 0.25) is 5.15 Å².